The van der Waals surface area contributed by atoms with Gasteiger partial charge in [-0.1, -0.05) is 0 Å². The lowest BCUT2D eigenvalue weighted by Gasteiger charge is -2.06. The number of carbonyl (C=O) groups excluding carboxylic acids is 1. The van der Waals surface area contributed by atoms with Crippen LogP contribution in [-0.2, 0) is 11.2 Å². The van der Waals surface area contributed by atoms with Crippen molar-refractivity contribution in [3.05, 3.63) is 15.6 Å². The molecule has 0 aliphatic carbocycles. The van der Waals surface area contributed by atoms with Crippen LogP contribution in [0.2, 0.25) is 0 Å². The smallest absolute Gasteiger partial charge is 0.236 e. The molecule has 4 nitrogen and oxygen atoms in total. The zero-order valence-corrected chi connectivity index (χ0v) is 10.1. The number of nitrogens with one attached hydrogen (secondary N) is 1. The number of hydrogen-bond acceptors (Lipinski definition) is 4. The van der Waals surface area contributed by atoms with E-state index in [2.05, 4.69) is 10.3 Å². The Bertz CT molecular complexity index is 346. The number of nitrogens with two attached hydrogens (primary N) is 1. The van der Waals surface area contributed by atoms with Gasteiger partial charge in [0.15, 0.2) is 0 Å². The van der Waals surface area contributed by atoms with Crippen molar-refractivity contribution in [1.29, 1.82) is 0 Å². The monoisotopic (exact) mass is 227 g/mol. The average molecular weight is 227 g/mol. The molecule has 0 aliphatic rings. The van der Waals surface area contributed by atoms with Gasteiger partial charge in [0.1, 0.15) is 0 Å². The first kappa shape index (κ1) is 12.1. The molecule has 1 amide bonds. The number of hydrogen-bond donors (Lipinski definition) is 2. The minimum Gasteiger partial charge on any atom is -0.354 e. The highest BCUT2D eigenvalue weighted by Gasteiger charge is 2.08. The van der Waals surface area contributed by atoms with Gasteiger partial charge in [0.2, 0.25) is 5.91 Å². The van der Waals surface area contributed by atoms with E-state index in [1.807, 2.05) is 13.8 Å². The van der Waals surface area contributed by atoms with Crippen molar-refractivity contribution in [1.82, 2.24) is 10.3 Å². The Morgan fingerprint density at radius 3 is 2.73 bits per heavy atom. The minimum atomic E-state index is -0.436. The van der Waals surface area contributed by atoms with Crippen molar-refractivity contribution >= 4 is 17.2 Å². The van der Waals surface area contributed by atoms with Crippen LogP contribution in [0, 0.1) is 13.8 Å². The van der Waals surface area contributed by atoms with E-state index < -0.39 is 6.04 Å². The summed E-state index contributed by atoms with van der Waals surface area (Å²) in [7, 11) is 0. The third kappa shape index (κ3) is 3.60. The second-order valence-electron chi connectivity index (χ2n) is 3.57. The molecule has 5 heteroatoms. The van der Waals surface area contributed by atoms with E-state index in [1.165, 1.54) is 4.88 Å². The lowest BCUT2D eigenvalue weighted by Crippen LogP contribution is -2.39. The second kappa shape index (κ2) is 5.23. The van der Waals surface area contributed by atoms with Crippen molar-refractivity contribution in [3.8, 4) is 0 Å². The lowest BCUT2D eigenvalue weighted by molar-refractivity contribution is -0.121. The summed E-state index contributed by atoms with van der Waals surface area (Å²) in [5, 5.41) is 3.85. The van der Waals surface area contributed by atoms with Crippen molar-refractivity contribution < 1.29 is 4.79 Å². The summed E-state index contributed by atoms with van der Waals surface area (Å²) in [6.45, 7) is 6.29. The zero-order valence-electron chi connectivity index (χ0n) is 9.33. The van der Waals surface area contributed by atoms with Crippen molar-refractivity contribution in [2.45, 2.75) is 33.2 Å². The molecular weight excluding hydrogens is 210 g/mol. The molecule has 1 rings (SSSR count). The number of amides is 1. The predicted molar refractivity (Wildman–Crippen MR) is 62.0 cm³/mol. The minimum absolute atomic E-state index is 0.103. The molecule has 0 bridgehead atoms. The Labute approximate surface area is 93.9 Å². The summed E-state index contributed by atoms with van der Waals surface area (Å²) in [4.78, 5) is 16.7. The number of carbonyl (C=O) groups is 1. The first-order chi connectivity index (χ1) is 7.00. The number of aryl methyl sites for hydroxylation is 2. The molecule has 0 saturated carbocycles. The van der Waals surface area contributed by atoms with E-state index in [1.54, 1.807) is 18.3 Å². The third-order valence-corrected chi connectivity index (χ3v) is 3.20. The summed E-state index contributed by atoms with van der Waals surface area (Å²) in [6, 6.07) is -0.436. The highest BCUT2D eigenvalue weighted by Crippen LogP contribution is 2.16. The number of aromatic nitrogens is 1. The molecule has 0 radical (unpaired) electrons. The first-order valence-corrected chi connectivity index (χ1v) is 5.78. The van der Waals surface area contributed by atoms with Crippen LogP contribution in [0.15, 0.2) is 0 Å². The summed E-state index contributed by atoms with van der Waals surface area (Å²) < 4.78 is 0. The molecule has 0 unspecified atom stereocenters. The van der Waals surface area contributed by atoms with Crippen molar-refractivity contribution in [2.24, 2.45) is 5.73 Å². The van der Waals surface area contributed by atoms with E-state index in [0.29, 0.717) is 6.54 Å². The molecule has 1 aromatic rings. The van der Waals surface area contributed by atoms with Gasteiger partial charge in [-0.3, -0.25) is 4.79 Å². The van der Waals surface area contributed by atoms with E-state index in [4.69, 9.17) is 5.73 Å². The fourth-order valence-corrected chi connectivity index (χ4v) is 2.20. The highest BCUT2D eigenvalue weighted by atomic mass is 32.1. The van der Waals surface area contributed by atoms with Gasteiger partial charge in [0.25, 0.3) is 0 Å². The molecular formula is C10H17N3OS. The normalized spacial score (nSPS) is 12.5. The quantitative estimate of drug-likeness (QED) is 0.798. The van der Waals surface area contributed by atoms with Gasteiger partial charge in [0.05, 0.1) is 16.7 Å². The average Bonchev–Trinajstić information content (AvgIpc) is 2.45. The van der Waals surface area contributed by atoms with E-state index in [-0.39, 0.29) is 5.91 Å². The lowest BCUT2D eigenvalue weighted by atomic mass is 10.3. The summed E-state index contributed by atoms with van der Waals surface area (Å²) in [5.41, 5.74) is 6.49. The molecule has 15 heavy (non-hydrogen) atoms. The molecule has 1 aromatic heterocycles. The van der Waals surface area contributed by atoms with Crippen LogP contribution in [0.1, 0.15) is 22.5 Å². The van der Waals surface area contributed by atoms with Gasteiger partial charge >= 0.3 is 0 Å². The molecule has 84 valence electrons. The van der Waals surface area contributed by atoms with Crippen LogP contribution in [0.4, 0.5) is 0 Å². The largest absolute Gasteiger partial charge is 0.354 e. The molecule has 0 spiro atoms. The maximum absolute atomic E-state index is 11.2. The van der Waals surface area contributed by atoms with Gasteiger partial charge in [-0.15, -0.1) is 11.3 Å². The molecule has 3 N–H and O–H groups in total. The zero-order chi connectivity index (χ0) is 11.4. The third-order valence-electron chi connectivity index (χ3n) is 2.06. The summed E-state index contributed by atoms with van der Waals surface area (Å²) in [5.74, 6) is -0.103. The fraction of sp³-hybridized carbons (Fsp3) is 0.600. The van der Waals surface area contributed by atoms with Crippen LogP contribution in [0.5, 0.6) is 0 Å². The number of nitrogens with zero attached hydrogens (tertiary/aromatic N) is 1. The van der Waals surface area contributed by atoms with Crippen LogP contribution in [0.25, 0.3) is 0 Å². The molecule has 0 aliphatic heterocycles. The van der Waals surface area contributed by atoms with Crippen LogP contribution >= 0.6 is 11.3 Å². The Balaban J connectivity index is 2.38. The van der Waals surface area contributed by atoms with Gasteiger partial charge < -0.3 is 11.1 Å². The number of thiazole rings is 1. The molecule has 1 atom stereocenters. The van der Waals surface area contributed by atoms with E-state index in [9.17, 15) is 4.79 Å². The second-order valence-corrected chi connectivity index (χ2v) is 4.86. The molecule has 0 fully saturated rings. The summed E-state index contributed by atoms with van der Waals surface area (Å²) in [6.07, 6.45) is 0.829. The van der Waals surface area contributed by atoms with Gasteiger partial charge in [-0.05, 0) is 20.8 Å². The molecule has 0 saturated heterocycles. The van der Waals surface area contributed by atoms with Gasteiger partial charge in [-0.2, -0.15) is 0 Å². The standard InChI is InChI=1S/C10H17N3OS/c1-6(11)10(14)12-5-4-9-7(2)13-8(3)15-9/h6H,4-5,11H2,1-3H3,(H,12,14)/t6-/m1/s1. The Morgan fingerprint density at radius 2 is 2.27 bits per heavy atom. The Kier molecular flexibility index (Phi) is 4.23. The predicted octanol–water partition coefficient (Wildman–Crippen LogP) is 0.766. The maximum atomic E-state index is 11.2. The van der Waals surface area contributed by atoms with Crippen LogP contribution < -0.4 is 11.1 Å². The van der Waals surface area contributed by atoms with Gasteiger partial charge in [-0.25, -0.2) is 4.98 Å². The SMILES string of the molecule is Cc1nc(C)c(CCNC(=O)[C@@H](C)N)s1. The van der Waals surface area contributed by atoms with E-state index in [0.717, 1.165) is 17.1 Å². The van der Waals surface area contributed by atoms with Crippen molar-refractivity contribution in [2.75, 3.05) is 6.54 Å². The number of rotatable bonds is 4. The topological polar surface area (TPSA) is 68.0 Å². The Hall–Kier alpha value is -0.940. The highest BCUT2D eigenvalue weighted by molar-refractivity contribution is 7.11. The van der Waals surface area contributed by atoms with Gasteiger partial charge in [0, 0.05) is 17.8 Å². The fourth-order valence-electron chi connectivity index (χ4n) is 1.27. The van der Waals surface area contributed by atoms with Crippen LogP contribution in [-0.4, -0.2) is 23.5 Å². The maximum Gasteiger partial charge on any atom is 0.236 e. The van der Waals surface area contributed by atoms with Crippen LogP contribution in [0.3, 0.4) is 0 Å². The summed E-state index contributed by atoms with van der Waals surface area (Å²) >= 11 is 1.68. The van der Waals surface area contributed by atoms with E-state index >= 15 is 0 Å². The Morgan fingerprint density at radius 1 is 1.60 bits per heavy atom. The molecule has 0 aromatic carbocycles. The van der Waals surface area contributed by atoms with Crippen molar-refractivity contribution in [3.63, 3.8) is 0 Å². The first-order valence-electron chi connectivity index (χ1n) is 4.97. The molecule has 1 heterocycles.